The number of hydrogen-bond donors (Lipinski definition) is 1. The first kappa shape index (κ1) is 15.8. The van der Waals surface area contributed by atoms with Crippen LogP contribution < -0.4 is 10.5 Å². The monoisotopic (exact) mass is 312 g/mol. The molecule has 0 bridgehead atoms. The molecule has 0 aliphatic heterocycles. The van der Waals surface area contributed by atoms with E-state index in [2.05, 4.69) is 0 Å². The molecule has 2 N–H and O–H groups in total. The normalized spacial score (nSPS) is 16.3. The number of hydrogen-bond acceptors (Lipinski definition) is 4. The number of rotatable bonds is 6. The van der Waals surface area contributed by atoms with E-state index >= 15 is 0 Å². The number of benzene rings is 1. The van der Waals surface area contributed by atoms with Crippen molar-refractivity contribution in [2.75, 3.05) is 13.7 Å². The van der Waals surface area contributed by atoms with Gasteiger partial charge in [-0.05, 0) is 37.1 Å². The molecule has 1 saturated carbocycles. The molecule has 1 aliphatic rings. The predicted octanol–water partition coefficient (Wildman–Crippen LogP) is 1.11. The highest BCUT2D eigenvalue weighted by molar-refractivity contribution is 7.89. The Hall–Kier alpha value is -1.60. The highest BCUT2D eigenvalue weighted by Gasteiger charge is 2.34. The van der Waals surface area contributed by atoms with Crippen LogP contribution in [0.4, 0.5) is 0 Å². The molecule has 1 aliphatic carbocycles. The first-order valence-corrected chi connectivity index (χ1v) is 8.33. The van der Waals surface area contributed by atoms with Crippen molar-refractivity contribution in [3.8, 4) is 5.75 Å². The summed E-state index contributed by atoms with van der Waals surface area (Å²) in [4.78, 5) is 11.4. The van der Waals surface area contributed by atoms with E-state index in [1.807, 2.05) is 0 Å². The van der Waals surface area contributed by atoms with Crippen LogP contribution in [0.15, 0.2) is 29.2 Å². The van der Waals surface area contributed by atoms with Crippen molar-refractivity contribution in [2.24, 2.45) is 5.73 Å². The van der Waals surface area contributed by atoms with Crippen LogP contribution in [-0.4, -0.2) is 38.3 Å². The molecule has 0 saturated heterocycles. The minimum absolute atomic E-state index is 0.149. The van der Waals surface area contributed by atoms with Gasteiger partial charge in [0.2, 0.25) is 15.9 Å². The quantitative estimate of drug-likeness (QED) is 0.852. The van der Waals surface area contributed by atoms with E-state index < -0.39 is 15.9 Å². The lowest BCUT2D eigenvalue weighted by Gasteiger charge is -2.26. The summed E-state index contributed by atoms with van der Waals surface area (Å²) in [6.45, 7) is -0.279. The van der Waals surface area contributed by atoms with Crippen LogP contribution in [-0.2, 0) is 14.8 Å². The van der Waals surface area contributed by atoms with E-state index in [9.17, 15) is 13.2 Å². The third-order valence-corrected chi connectivity index (χ3v) is 5.62. The van der Waals surface area contributed by atoms with Gasteiger partial charge < -0.3 is 10.5 Å². The van der Waals surface area contributed by atoms with E-state index in [0.717, 1.165) is 25.7 Å². The zero-order valence-electron chi connectivity index (χ0n) is 12.0. The summed E-state index contributed by atoms with van der Waals surface area (Å²) >= 11 is 0. The highest BCUT2D eigenvalue weighted by atomic mass is 32.2. The second-order valence-electron chi connectivity index (χ2n) is 5.13. The van der Waals surface area contributed by atoms with E-state index in [0.29, 0.717) is 5.75 Å². The summed E-state index contributed by atoms with van der Waals surface area (Å²) in [6.07, 6.45) is 3.47. The van der Waals surface area contributed by atoms with Crippen molar-refractivity contribution in [1.82, 2.24) is 4.31 Å². The molecule has 7 heteroatoms. The lowest BCUT2D eigenvalue weighted by atomic mass is 10.2. The van der Waals surface area contributed by atoms with Gasteiger partial charge in [0.15, 0.2) is 0 Å². The third kappa shape index (κ3) is 3.54. The van der Waals surface area contributed by atoms with Crippen LogP contribution in [0.5, 0.6) is 5.75 Å². The van der Waals surface area contributed by atoms with Gasteiger partial charge in [-0.1, -0.05) is 12.8 Å². The van der Waals surface area contributed by atoms with Crippen LogP contribution >= 0.6 is 0 Å². The van der Waals surface area contributed by atoms with Crippen LogP contribution in [0.25, 0.3) is 0 Å². The van der Waals surface area contributed by atoms with Crippen molar-refractivity contribution in [3.05, 3.63) is 24.3 Å². The average Bonchev–Trinajstić information content (AvgIpc) is 2.98. The Balaban J connectivity index is 2.32. The highest BCUT2D eigenvalue weighted by Crippen LogP contribution is 2.29. The Bertz CT molecular complexity index is 592. The largest absolute Gasteiger partial charge is 0.497 e. The summed E-state index contributed by atoms with van der Waals surface area (Å²) in [5, 5.41) is 0. The van der Waals surface area contributed by atoms with Gasteiger partial charge in [0, 0.05) is 6.04 Å². The molecule has 2 rings (SSSR count). The van der Waals surface area contributed by atoms with E-state index in [-0.39, 0.29) is 17.5 Å². The molecule has 0 radical (unpaired) electrons. The number of methoxy groups -OCH3 is 1. The molecule has 0 atom stereocenters. The molecule has 6 nitrogen and oxygen atoms in total. The maximum Gasteiger partial charge on any atom is 0.243 e. The summed E-state index contributed by atoms with van der Waals surface area (Å²) in [7, 11) is -2.21. The lowest BCUT2D eigenvalue weighted by molar-refractivity contribution is -0.118. The molecule has 0 heterocycles. The molecule has 1 amide bonds. The molecule has 1 fully saturated rings. The second-order valence-corrected chi connectivity index (χ2v) is 7.02. The summed E-state index contributed by atoms with van der Waals surface area (Å²) in [5.74, 6) is -0.0599. The maximum absolute atomic E-state index is 12.7. The number of nitrogens with two attached hydrogens (primary N) is 1. The van der Waals surface area contributed by atoms with Gasteiger partial charge in [-0.2, -0.15) is 4.31 Å². The van der Waals surface area contributed by atoms with Gasteiger partial charge >= 0.3 is 0 Å². The van der Waals surface area contributed by atoms with Crippen LogP contribution in [0.2, 0.25) is 0 Å². The number of carbonyl (C=O) groups is 1. The topological polar surface area (TPSA) is 89.7 Å². The maximum atomic E-state index is 12.7. The summed E-state index contributed by atoms with van der Waals surface area (Å²) in [5.41, 5.74) is 5.22. The Kier molecular flexibility index (Phi) is 4.84. The molecule has 0 unspecified atom stereocenters. The number of primary amides is 1. The van der Waals surface area contributed by atoms with Crippen LogP contribution in [0.1, 0.15) is 25.7 Å². The third-order valence-electron chi connectivity index (χ3n) is 3.71. The van der Waals surface area contributed by atoms with Gasteiger partial charge in [0.1, 0.15) is 5.75 Å². The second kappa shape index (κ2) is 6.44. The Morgan fingerprint density at radius 2 is 1.86 bits per heavy atom. The minimum atomic E-state index is -3.73. The van der Waals surface area contributed by atoms with Crippen molar-refractivity contribution in [2.45, 2.75) is 36.6 Å². The zero-order valence-corrected chi connectivity index (χ0v) is 12.8. The molecule has 0 aromatic heterocycles. The van der Waals surface area contributed by atoms with Gasteiger partial charge in [-0.3, -0.25) is 4.79 Å². The van der Waals surface area contributed by atoms with Crippen LogP contribution in [0, 0.1) is 0 Å². The lowest BCUT2D eigenvalue weighted by Crippen LogP contribution is -2.44. The molecule has 0 spiro atoms. The SMILES string of the molecule is COc1ccc(S(=O)(=O)N(CC(N)=O)C2CCCC2)cc1. The van der Waals surface area contributed by atoms with E-state index in [4.69, 9.17) is 10.5 Å². The number of carbonyl (C=O) groups excluding carboxylic acids is 1. The summed E-state index contributed by atoms with van der Waals surface area (Å²) < 4.78 is 31.7. The van der Waals surface area contributed by atoms with Gasteiger partial charge in [-0.25, -0.2) is 8.42 Å². The van der Waals surface area contributed by atoms with Gasteiger partial charge in [0.25, 0.3) is 0 Å². The molecule has 1 aromatic carbocycles. The Morgan fingerprint density at radius 3 is 2.33 bits per heavy atom. The molecule has 21 heavy (non-hydrogen) atoms. The smallest absolute Gasteiger partial charge is 0.243 e. The number of amides is 1. The zero-order chi connectivity index (χ0) is 15.5. The van der Waals surface area contributed by atoms with Gasteiger partial charge in [-0.15, -0.1) is 0 Å². The number of nitrogens with zero attached hydrogens (tertiary/aromatic N) is 1. The molecular formula is C14H20N2O4S. The summed E-state index contributed by atoms with van der Waals surface area (Å²) in [6, 6.07) is 5.99. The predicted molar refractivity (Wildman–Crippen MR) is 78.3 cm³/mol. The van der Waals surface area contributed by atoms with Crippen molar-refractivity contribution in [3.63, 3.8) is 0 Å². The Labute approximate surface area is 124 Å². The first-order chi connectivity index (χ1) is 9.95. The Morgan fingerprint density at radius 1 is 1.29 bits per heavy atom. The van der Waals surface area contributed by atoms with Gasteiger partial charge in [0.05, 0.1) is 18.6 Å². The average molecular weight is 312 g/mol. The minimum Gasteiger partial charge on any atom is -0.497 e. The standard InChI is InChI=1S/C14H20N2O4S/c1-20-12-6-8-13(9-7-12)21(18,19)16(10-14(15)17)11-4-2-3-5-11/h6-9,11H,2-5,10H2,1H3,(H2,15,17). The van der Waals surface area contributed by atoms with Crippen molar-refractivity contribution >= 4 is 15.9 Å². The number of ether oxygens (including phenoxy) is 1. The van der Waals surface area contributed by atoms with Crippen molar-refractivity contribution in [1.29, 1.82) is 0 Å². The number of sulfonamides is 1. The van der Waals surface area contributed by atoms with E-state index in [1.165, 1.54) is 23.5 Å². The molecule has 1 aromatic rings. The fraction of sp³-hybridized carbons (Fsp3) is 0.500. The molecule has 116 valence electrons. The molecular weight excluding hydrogens is 292 g/mol. The first-order valence-electron chi connectivity index (χ1n) is 6.89. The fourth-order valence-corrected chi connectivity index (χ4v) is 4.29. The van der Waals surface area contributed by atoms with Crippen LogP contribution in [0.3, 0.4) is 0 Å². The van der Waals surface area contributed by atoms with E-state index in [1.54, 1.807) is 12.1 Å². The van der Waals surface area contributed by atoms with Crippen molar-refractivity contribution < 1.29 is 17.9 Å². The fourth-order valence-electron chi connectivity index (χ4n) is 2.64.